The summed E-state index contributed by atoms with van der Waals surface area (Å²) >= 11 is 0. The van der Waals surface area contributed by atoms with Crippen LogP contribution in [0.2, 0.25) is 0 Å². The highest BCUT2D eigenvalue weighted by Crippen LogP contribution is 2.64. The van der Waals surface area contributed by atoms with E-state index >= 15 is 0 Å². The van der Waals surface area contributed by atoms with Gasteiger partial charge in [0, 0.05) is 12.1 Å². The fourth-order valence-corrected chi connectivity index (χ4v) is 8.19. The maximum Gasteiger partial charge on any atom is 0.246 e. The number of nitrogens with zero attached hydrogens (tertiary/aromatic N) is 1. The van der Waals surface area contributed by atoms with Gasteiger partial charge < -0.3 is 25.4 Å². The summed E-state index contributed by atoms with van der Waals surface area (Å²) in [5, 5.41) is 16.9. The highest BCUT2D eigenvalue weighted by atomic mass is 16.5. The van der Waals surface area contributed by atoms with Gasteiger partial charge >= 0.3 is 0 Å². The number of carbonyl (C=O) groups excluding carboxylic acids is 3. The molecule has 8 heteroatoms. The number of carbonyl (C=O) groups is 3. The smallest absolute Gasteiger partial charge is 0.246 e. The average molecular weight is 570 g/mol. The first kappa shape index (κ1) is 31.5. The Morgan fingerprint density at radius 2 is 1.76 bits per heavy atom. The molecule has 0 aromatic heterocycles. The van der Waals surface area contributed by atoms with E-state index in [1.54, 1.807) is 4.90 Å². The van der Waals surface area contributed by atoms with Crippen molar-refractivity contribution in [3.8, 4) is 0 Å². The third-order valence-electron chi connectivity index (χ3n) is 9.74. The number of nitrogens with one attached hydrogen (secondary N) is 2. The average Bonchev–Trinajstić information content (AvgIpc) is 3.50. The van der Waals surface area contributed by atoms with Crippen molar-refractivity contribution in [2.24, 2.45) is 23.2 Å². The van der Waals surface area contributed by atoms with Crippen LogP contribution in [0, 0.1) is 23.2 Å². The first-order chi connectivity index (χ1) is 19.1. The first-order valence-electron chi connectivity index (χ1n) is 15.4. The largest absolute Gasteiger partial charge is 0.394 e. The van der Waals surface area contributed by atoms with Gasteiger partial charge in [-0.2, -0.15) is 0 Å². The minimum absolute atomic E-state index is 0.0241. The van der Waals surface area contributed by atoms with Crippen molar-refractivity contribution in [1.82, 2.24) is 15.5 Å². The van der Waals surface area contributed by atoms with Gasteiger partial charge in [0.05, 0.1) is 30.1 Å². The molecule has 3 heterocycles. The van der Waals surface area contributed by atoms with E-state index < -0.39 is 40.7 Å². The second-order valence-corrected chi connectivity index (χ2v) is 14.5. The summed E-state index contributed by atoms with van der Waals surface area (Å²) < 4.78 is 6.90. The topological polar surface area (TPSA) is 108 Å². The van der Waals surface area contributed by atoms with Crippen LogP contribution in [0.25, 0.3) is 0 Å². The molecule has 1 aromatic rings. The van der Waals surface area contributed by atoms with Crippen LogP contribution >= 0.6 is 0 Å². The molecule has 3 fully saturated rings. The summed E-state index contributed by atoms with van der Waals surface area (Å²) in [6.45, 7) is 16.5. The summed E-state index contributed by atoms with van der Waals surface area (Å²) in [6.07, 6.45) is 3.17. The van der Waals surface area contributed by atoms with Crippen LogP contribution in [0.4, 0.5) is 0 Å². The van der Waals surface area contributed by atoms with E-state index in [2.05, 4.69) is 31.4 Å². The molecule has 3 saturated heterocycles. The van der Waals surface area contributed by atoms with Crippen LogP contribution in [0.5, 0.6) is 0 Å². The Balaban J connectivity index is 1.74. The molecule has 41 heavy (non-hydrogen) atoms. The molecule has 1 aromatic carbocycles. The number of likely N-dealkylation sites (tertiary alicyclic amines) is 1. The van der Waals surface area contributed by atoms with Gasteiger partial charge in [0.25, 0.3) is 0 Å². The standard InChI is InChI=1S/C33H51N3O5/c1-9-21(3)23(19-37)36-26(28(39)35-31(7,8)20-30(4,5)6)33-17-16-32(10-2,41-33)24(25(33)29(36)40)27(38)34-18-22-14-12-11-13-15-22/h11-15,21,23-26,37H,9-10,16-20H2,1-8H3,(H,34,38)(H,35,39)/t21-,23-,24+,25-,26?,32-,33?/m0/s1. The summed E-state index contributed by atoms with van der Waals surface area (Å²) in [7, 11) is 0. The Labute approximate surface area is 246 Å². The van der Waals surface area contributed by atoms with Gasteiger partial charge in [-0.1, -0.05) is 78.3 Å². The minimum atomic E-state index is -1.12. The van der Waals surface area contributed by atoms with Gasteiger partial charge in [-0.05, 0) is 56.4 Å². The number of aliphatic hydroxyl groups excluding tert-OH is 1. The molecule has 3 aliphatic heterocycles. The molecule has 1 spiro atoms. The summed E-state index contributed by atoms with van der Waals surface area (Å²) in [4.78, 5) is 44.4. The molecule has 7 atom stereocenters. The van der Waals surface area contributed by atoms with E-state index in [1.165, 1.54) is 0 Å². The third-order valence-corrected chi connectivity index (χ3v) is 9.74. The van der Waals surface area contributed by atoms with E-state index in [0.29, 0.717) is 25.8 Å². The molecule has 3 amide bonds. The molecule has 2 bridgehead atoms. The summed E-state index contributed by atoms with van der Waals surface area (Å²) in [5.41, 5.74) is -1.51. The molecular formula is C33H51N3O5. The van der Waals surface area contributed by atoms with Crippen LogP contribution in [0.1, 0.15) is 93.1 Å². The summed E-state index contributed by atoms with van der Waals surface area (Å²) in [6, 6.07) is 8.21. The predicted octanol–water partition coefficient (Wildman–Crippen LogP) is 4.20. The molecule has 228 valence electrons. The van der Waals surface area contributed by atoms with Crippen molar-refractivity contribution < 1.29 is 24.2 Å². The maximum absolute atomic E-state index is 14.5. The molecular weight excluding hydrogens is 518 g/mol. The Kier molecular flexibility index (Phi) is 8.70. The molecule has 4 rings (SSSR count). The van der Waals surface area contributed by atoms with Gasteiger partial charge in [-0.25, -0.2) is 0 Å². The number of aliphatic hydroxyl groups is 1. The van der Waals surface area contributed by atoms with Crippen molar-refractivity contribution in [1.29, 1.82) is 0 Å². The number of ether oxygens (including phenoxy) is 1. The number of hydrogen-bond acceptors (Lipinski definition) is 5. The summed E-state index contributed by atoms with van der Waals surface area (Å²) in [5.74, 6) is -2.28. The van der Waals surface area contributed by atoms with Gasteiger partial charge in [-0.15, -0.1) is 0 Å². The maximum atomic E-state index is 14.5. The monoisotopic (exact) mass is 569 g/mol. The lowest BCUT2D eigenvalue weighted by Gasteiger charge is -2.41. The van der Waals surface area contributed by atoms with Crippen molar-refractivity contribution in [2.75, 3.05) is 6.61 Å². The highest BCUT2D eigenvalue weighted by Gasteiger charge is 2.79. The lowest BCUT2D eigenvalue weighted by atomic mass is 9.65. The lowest BCUT2D eigenvalue weighted by molar-refractivity contribution is -0.153. The first-order valence-corrected chi connectivity index (χ1v) is 15.4. The Bertz CT molecular complexity index is 1130. The van der Waals surface area contributed by atoms with Crippen molar-refractivity contribution in [3.05, 3.63) is 35.9 Å². The lowest BCUT2D eigenvalue weighted by Crippen LogP contribution is -2.62. The quantitative estimate of drug-likeness (QED) is 0.370. The van der Waals surface area contributed by atoms with E-state index in [0.717, 1.165) is 18.4 Å². The third kappa shape index (κ3) is 5.66. The molecule has 3 N–H and O–H groups in total. The van der Waals surface area contributed by atoms with E-state index in [-0.39, 0.29) is 35.7 Å². The van der Waals surface area contributed by atoms with Crippen molar-refractivity contribution >= 4 is 17.7 Å². The van der Waals surface area contributed by atoms with Crippen LogP contribution in [0.15, 0.2) is 30.3 Å². The Morgan fingerprint density at radius 1 is 1.10 bits per heavy atom. The van der Waals surface area contributed by atoms with E-state index in [1.807, 2.05) is 65.0 Å². The second kappa shape index (κ2) is 11.3. The fourth-order valence-electron chi connectivity index (χ4n) is 8.19. The number of rotatable bonds is 11. The number of benzene rings is 1. The molecule has 0 aliphatic carbocycles. The fraction of sp³-hybridized carbons (Fsp3) is 0.727. The Morgan fingerprint density at radius 3 is 2.32 bits per heavy atom. The predicted molar refractivity (Wildman–Crippen MR) is 159 cm³/mol. The normalized spacial score (nSPS) is 30.7. The van der Waals surface area contributed by atoms with E-state index in [9.17, 15) is 19.5 Å². The van der Waals surface area contributed by atoms with Gasteiger partial charge in [-0.3, -0.25) is 14.4 Å². The van der Waals surface area contributed by atoms with E-state index in [4.69, 9.17) is 4.74 Å². The zero-order valence-electron chi connectivity index (χ0n) is 26.3. The van der Waals surface area contributed by atoms with Crippen molar-refractivity contribution in [3.63, 3.8) is 0 Å². The van der Waals surface area contributed by atoms with Gasteiger partial charge in [0.15, 0.2) is 0 Å². The zero-order chi connectivity index (χ0) is 30.4. The van der Waals surface area contributed by atoms with Gasteiger partial charge in [0.1, 0.15) is 11.6 Å². The number of amides is 3. The number of fused-ring (bicyclic) bond motifs is 1. The zero-order valence-corrected chi connectivity index (χ0v) is 26.3. The van der Waals surface area contributed by atoms with Gasteiger partial charge in [0.2, 0.25) is 17.7 Å². The molecule has 8 nitrogen and oxygen atoms in total. The molecule has 0 radical (unpaired) electrons. The minimum Gasteiger partial charge on any atom is -0.394 e. The van der Waals surface area contributed by atoms with Crippen LogP contribution in [0.3, 0.4) is 0 Å². The van der Waals surface area contributed by atoms with Crippen LogP contribution < -0.4 is 10.6 Å². The molecule has 0 saturated carbocycles. The highest BCUT2D eigenvalue weighted by molar-refractivity contribution is 5.99. The van der Waals surface area contributed by atoms with Crippen LogP contribution in [-0.2, 0) is 25.7 Å². The molecule has 3 aliphatic rings. The van der Waals surface area contributed by atoms with Crippen LogP contribution in [-0.4, -0.2) is 63.2 Å². The number of hydrogen-bond donors (Lipinski definition) is 3. The van der Waals surface area contributed by atoms with Crippen molar-refractivity contribution in [2.45, 2.75) is 123 Å². The SMILES string of the molecule is CC[C@H](C)[C@H](CO)N1C(=O)[C@@H]2[C@H](C(=O)NCc3ccccc3)[C@]3(CC)CCC2(O3)C1C(=O)NC(C)(C)CC(C)(C)C. The Hall–Kier alpha value is -2.45. The molecule has 2 unspecified atom stereocenters. The second-order valence-electron chi connectivity index (χ2n) is 14.5.